The van der Waals surface area contributed by atoms with Gasteiger partial charge in [-0.05, 0) is 44.5 Å². The first-order valence-electron chi connectivity index (χ1n) is 9.81. The van der Waals surface area contributed by atoms with Gasteiger partial charge in [-0.1, -0.05) is 24.3 Å². The minimum absolute atomic E-state index is 0.307. The fourth-order valence-electron chi connectivity index (χ4n) is 3.20. The quantitative estimate of drug-likeness (QED) is 0.670. The van der Waals surface area contributed by atoms with Gasteiger partial charge in [0, 0.05) is 18.5 Å². The van der Waals surface area contributed by atoms with E-state index in [0.717, 1.165) is 23.3 Å². The van der Waals surface area contributed by atoms with Gasteiger partial charge in [-0.15, -0.1) is 0 Å². The highest BCUT2D eigenvalue weighted by Gasteiger charge is 2.32. The van der Waals surface area contributed by atoms with Gasteiger partial charge in [0.2, 0.25) is 0 Å². The molecule has 1 amide bonds. The molecule has 2 aromatic carbocycles. The lowest BCUT2D eigenvalue weighted by molar-refractivity contribution is -0.156. The van der Waals surface area contributed by atoms with Crippen molar-refractivity contribution in [3.05, 3.63) is 53.6 Å². The molecule has 0 spiro atoms. The minimum Gasteiger partial charge on any atom is -0.497 e. The number of nitrogens with one attached hydrogen (secondary N) is 1. The number of ether oxygens (including phenoxy) is 4. The Morgan fingerprint density at radius 1 is 1.17 bits per heavy atom. The molecule has 0 saturated carbocycles. The van der Waals surface area contributed by atoms with E-state index in [4.69, 9.17) is 18.9 Å². The number of amides is 1. The van der Waals surface area contributed by atoms with Gasteiger partial charge in [0.25, 0.3) is 5.91 Å². The van der Waals surface area contributed by atoms with Gasteiger partial charge in [0.1, 0.15) is 11.4 Å². The number of esters is 1. The van der Waals surface area contributed by atoms with Crippen LogP contribution >= 0.6 is 0 Å². The highest BCUT2D eigenvalue weighted by atomic mass is 16.6. The predicted octanol–water partition coefficient (Wildman–Crippen LogP) is 3.04. The number of para-hydroxylation sites is 1. The first-order chi connectivity index (χ1) is 14.3. The maximum absolute atomic E-state index is 12.2. The van der Waals surface area contributed by atoms with Crippen molar-refractivity contribution in [1.82, 2.24) is 5.32 Å². The topological polar surface area (TPSA) is 83.1 Å². The van der Waals surface area contributed by atoms with Gasteiger partial charge in [-0.3, -0.25) is 4.79 Å². The highest BCUT2D eigenvalue weighted by molar-refractivity contribution is 5.83. The van der Waals surface area contributed by atoms with Crippen LogP contribution in [0.4, 0.5) is 0 Å². The third-order valence-electron chi connectivity index (χ3n) is 4.70. The monoisotopic (exact) mass is 413 g/mol. The third kappa shape index (κ3) is 5.43. The van der Waals surface area contributed by atoms with Crippen molar-refractivity contribution in [3.63, 3.8) is 0 Å². The van der Waals surface area contributed by atoms with Crippen LogP contribution in [-0.2, 0) is 27.3 Å². The standard InChI is InChI=1S/C23H27NO6/c1-15(22(26)24-13-16-8-10-18(27-4)11-9-16)29-20(25)14-28-19-7-5-6-17-12-23(2,3)30-21(17)19/h5-11,15H,12-14H2,1-4H3,(H,24,26)/t15-/m1/s1. The summed E-state index contributed by atoms with van der Waals surface area (Å²) < 4.78 is 21.8. The molecule has 7 nitrogen and oxygen atoms in total. The summed E-state index contributed by atoms with van der Waals surface area (Å²) in [6.45, 7) is 5.53. The van der Waals surface area contributed by atoms with E-state index >= 15 is 0 Å². The summed E-state index contributed by atoms with van der Waals surface area (Å²) in [5, 5.41) is 2.74. The summed E-state index contributed by atoms with van der Waals surface area (Å²) in [7, 11) is 1.59. The molecule has 1 aliphatic rings. The molecule has 0 saturated heterocycles. The Kier molecular flexibility index (Phi) is 6.50. The lowest BCUT2D eigenvalue weighted by Crippen LogP contribution is -2.36. The fourth-order valence-corrected chi connectivity index (χ4v) is 3.20. The Balaban J connectivity index is 1.46. The van der Waals surface area contributed by atoms with E-state index in [2.05, 4.69) is 5.32 Å². The van der Waals surface area contributed by atoms with Crippen LogP contribution in [0.15, 0.2) is 42.5 Å². The summed E-state index contributed by atoms with van der Waals surface area (Å²) in [4.78, 5) is 24.3. The minimum atomic E-state index is -0.934. The Labute approximate surface area is 176 Å². The summed E-state index contributed by atoms with van der Waals surface area (Å²) >= 11 is 0. The molecular weight excluding hydrogens is 386 g/mol. The number of methoxy groups -OCH3 is 1. The Morgan fingerprint density at radius 3 is 2.60 bits per heavy atom. The maximum atomic E-state index is 12.2. The van der Waals surface area contributed by atoms with Crippen molar-refractivity contribution in [2.24, 2.45) is 0 Å². The van der Waals surface area contributed by atoms with Gasteiger partial charge in [-0.25, -0.2) is 4.79 Å². The summed E-state index contributed by atoms with van der Waals surface area (Å²) in [6.07, 6.45) is -0.161. The molecule has 3 rings (SSSR count). The predicted molar refractivity (Wildman–Crippen MR) is 111 cm³/mol. The molecule has 160 valence electrons. The molecule has 0 radical (unpaired) electrons. The Morgan fingerprint density at radius 2 is 1.90 bits per heavy atom. The molecule has 1 aliphatic heterocycles. The summed E-state index contributed by atoms with van der Waals surface area (Å²) in [5.41, 5.74) is 1.64. The van der Waals surface area contributed by atoms with Gasteiger partial charge >= 0.3 is 5.97 Å². The number of benzene rings is 2. The second-order valence-corrected chi connectivity index (χ2v) is 7.77. The number of hydrogen-bond acceptors (Lipinski definition) is 6. The smallest absolute Gasteiger partial charge is 0.344 e. The van der Waals surface area contributed by atoms with Crippen LogP contribution in [0.1, 0.15) is 31.9 Å². The number of hydrogen-bond donors (Lipinski definition) is 1. The first kappa shape index (κ1) is 21.5. The molecule has 1 heterocycles. The van der Waals surface area contributed by atoms with E-state index in [1.807, 2.05) is 50.2 Å². The maximum Gasteiger partial charge on any atom is 0.344 e. The number of carbonyl (C=O) groups excluding carboxylic acids is 2. The van der Waals surface area contributed by atoms with E-state index in [1.165, 1.54) is 6.92 Å². The lowest BCUT2D eigenvalue weighted by Gasteiger charge is -2.18. The molecule has 0 aromatic heterocycles. The molecule has 30 heavy (non-hydrogen) atoms. The molecule has 7 heteroatoms. The van der Waals surface area contributed by atoms with E-state index in [0.29, 0.717) is 18.0 Å². The van der Waals surface area contributed by atoms with Crippen LogP contribution in [0.25, 0.3) is 0 Å². The summed E-state index contributed by atoms with van der Waals surface area (Å²) in [6, 6.07) is 12.9. The van der Waals surface area contributed by atoms with Crippen molar-refractivity contribution in [1.29, 1.82) is 0 Å². The second-order valence-electron chi connectivity index (χ2n) is 7.77. The molecule has 2 aromatic rings. The first-order valence-corrected chi connectivity index (χ1v) is 9.81. The zero-order valence-corrected chi connectivity index (χ0v) is 17.7. The molecule has 1 atom stereocenters. The van der Waals surface area contributed by atoms with Crippen LogP contribution in [0, 0.1) is 0 Å². The normalized spacial score (nSPS) is 14.8. The summed E-state index contributed by atoms with van der Waals surface area (Å²) in [5.74, 6) is 0.874. The van der Waals surface area contributed by atoms with Crippen molar-refractivity contribution >= 4 is 11.9 Å². The molecule has 0 bridgehead atoms. The average molecular weight is 413 g/mol. The molecule has 0 fully saturated rings. The Hall–Kier alpha value is -3.22. The van der Waals surface area contributed by atoms with Crippen molar-refractivity contribution in [2.45, 2.75) is 45.4 Å². The zero-order chi connectivity index (χ0) is 21.7. The SMILES string of the molecule is COc1ccc(CNC(=O)[C@@H](C)OC(=O)COc2cccc3c2OC(C)(C)C3)cc1. The van der Waals surface area contributed by atoms with E-state index in [1.54, 1.807) is 13.2 Å². The van der Waals surface area contributed by atoms with Crippen LogP contribution in [-0.4, -0.2) is 37.3 Å². The number of carbonyl (C=O) groups is 2. The van der Waals surface area contributed by atoms with Crippen molar-refractivity contribution in [2.75, 3.05) is 13.7 Å². The molecule has 0 unspecified atom stereocenters. The highest BCUT2D eigenvalue weighted by Crippen LogP contribution is 2.41. The van der Waals surface area contributed by atoms with Crippen LogP contribution in [0.3, 0.4) is 0 Å². The Bertz CT molecular complexity index is 906. The zero-order valence-electron chi connectivity index (χ0n) is 17.7. The van der Waals surface area contributed by atoms with E-state index in [-0.39, 0.29) is 18.1 Å². The molecule has 0 aliphatic carbocycles. The lowest BCUT2D eigenvalue weighted by atomic mass is 10.0. The average Bonchev–Trinajstić information content (AvgIpc) is 3.05. The largest absolute Gasteiger partial charge is 0.497 e. The second kappa shape index (κ2) is 9.07. The molecule has 1 N–H and O–H groups in total. The van der Waals surface area contributed by atoms with Crippen LogP contribution in [0.2, 0.25) is 0 Å². The van der Waals surface area contributed by atoms with Gasteiger partial charge < -0.3 is 24.3 Å². The van der Waals surface area contributed by atoms with Gasteiger partial charge in [0.15, 0.2) is 24.2 Å². The van der Waals surface area contributed by atoms with Crippen LogP contribution in [0.5, 0.6) is 17.2 Å². The van der Waals surface area contributed by atoms with Crippen molar-refractivity contribution in [3.8, 4) is 17.2 Å². The number of rotatable bonds is 8. The number of fused-ring (bicyclic) bond motifs is 1. The van der Waals surface area contributed by atoms with E-state index in [9.17, 15) is 9.59 Å². The van der Waals surface area contributed by atoms with Gasteiger partial charge in [-0.2, -0.15) is 0 Å². The molecular formula is C23H27NO6. The van der Waals surface area contributed by atoms with Crippen molar-refractivity contribution < 1.29 is 28.5 Å². The van der Waals surface area contributed by atoms with Crippen LogP contribution < -0.4 is 19.5 Å². The van der Waals surface area contributed by atoms with Gasteiger partial charge in [0.05, 0.1) is 7.11 Å². The third-order valence-corrected chi connectivity index (χ3v) is 4.70. The fraction of sp³-hybridized carbons (Fsp3) is 0.391. The van der Waals surface area contributed by atoms with E-state index < -0.39 is 12.1 Å².